The molecule has 0 N–H and O–H groups in total. The highest BCUT2D eigenvalue weighted by Gasteiger charge is 2.32. The van der Waals surface area contributed by atoms with Crippen LogP contribution in [0.25, 0.3) is 0 Å². The van der Waals surface area contributed by atoms with Gasteiger partial charge in [0.05, 0.1) is 18.1 Å². The Morgan fingerprint density at radius 3 is 2.73 bits per heavy atom. The molecule has 2 rings (SSSR count). The molecule has 2 heterocycles. The monoisotopic (exact) mass is 329 g/mol. The number of aryl methyl sites for hydroxylation is 1. The second kappa shape index (κ2) is 6.78. The molecular weight excluding hydrogens is 306 g/mol. The maximum Gasteiger partial charge on any atom is 0.356 e. The second-order valence-corrected chi connectivity index (χ2v) is 7.46. The number of fused-ring (bicyclic) bond motifs is 1. The number of carbonyl (C=O) groups is 1. The minimum atomic E-state index is -3.29. The number of nitrogens with zero attached hydrogens (tertiary/aromatic N) is 3. The number of aromatic nitrogens is 2. The molecule has 1 aliphatic rings. The highest BCUT2D eigenvalue weighted by molar-refractivity contribution is 7.89. The van der Waals surface area contributed by atoms with E-state index in [0.717, 1.165) is 12.1 Å². The van der Waals surface area contributed by atoms with Crippen molar-refractivity contribution >= 4 is 16.0 Å². The highest BCUT2D eigenvalue weighted by Crippen LogP contribution is 2.25. The Kier molecular flexibility index (Phi) is 5.23. The van der Waals surface area contributed by atoms with Gasteiger partial charge in [0.1, 0.15) is 0 Å². The first kappa shape index (κ1) is 17.0. The minimum absolute atomic E-state index is 0.147. The number of ether oxygens (including phenoxy) is 1. The van der Waals surface area contributed by atoms with E-state index in [2.05, 4.69) is 5.10 Å². The number of carbonyl (C=O) groups excluding carboxylic acids is 1. The van der Waals surface area contributed by atoms with Crippen LogP contribution in [0.1, 0.15) is 48.4 Å². The van der Waals surface area contributed by atoms with E-state index < -0.39 is 16.0 Å². The molecule has 8 heteroatoms. The summed E-state index contributed by atoms with van der Waals surface area (Å²) in [5.41, 5.74) is 1.81. The summed E-state index contributed by atoms with van der Waals surface area (Å²) < 4.78 is 32.7. The summed E-state index contributed by atoms with van der Waals surface area (Å²) in [6, 6.07) is 0. The predicted octanol–water partition coefficient (Wildman–Crippen LogP) is 1.08. The van der Waals surface area contributed by atoms with E-state index in [9.17, 15) is 13.2 Å². The Morgan fingerprint density at radius 2 is 2.09 bits per heavy atom. The summed E-state index contributed by atoms with van der Waals surface area (Å²) in [7, 11) is -1.61. The van der Waals surface area contributed by atoms with Crippen LogP contribution in [0.2, 0.25) is 0 Å². The van der Waals surface area contributed by atoms with Crippen molar-refractivity contribution in [2.75, 3.05) is 18.9 Å². The Labute approximate surface area is 131 Å². The third-order valence-corrected chi connectivity index (χ3v) is 5.68. The van der Waals surface area contributed by atoms with Gasteiger partial charge in [-0.15, -0.1) is 0 Å². The quantitative estimate of drug-likeness (QED) is 0.730. The Bertz CT molecular complexity index is 651. The van der Waals surface area contributed by atoms with Gasteiger partial charge in [-0.05, 0) is 13.3 Å². The number of hydrogen-bond donors (Lipinski definition) is 0. The standard InChI is InChI=1S/C14H23N3O4S/c1-4-6-9-22(19,20)17-8-7-12-11(10-17)13(16(3)15-12)14(18)21-5-2/h4-10H2,1-3H3. The van der Waals surface area contributed by atoms with Crippen molar-refractivity contribution in [2.24, 2.45) is 7.05 Å². The summed E-state index contributed by atoms with van der Waals surface area (Å²) in [6.45, 7) is 4.59. The maximum atomic E-state index is 12.4. The lowest BCUT2D eigenvalue weighted by molar-refractivity contribution is 0.0511. The third kappa shape index (κ3) is 3.33. The molecule has 0 spiro atoms. The van der Waals surface area contributed by atoms with Crippen molar-refractivity contribution in [1.82, 2.24) is 14.1 Å². The number of hydrogen-bond acceptors (Lipinski definition) is 5. The molecule has 1 aromatic rings. The van der Waals surface area contributed by atoms with Crippen molar-refractivity contribution < 1.29 is 17.9 Å². The zero-order valence-electron chi connectivity index (χ0n) is 13.3. The molecule has 0 unspecified atom stereocenters. The average molecular weight is 329 g/mol. The molecule has 0 bridgehead atoms. The zero-order valence-corrected chi connectivity index (χ0v) is 14.1. The first-order valence-electron chi connectivity index (χ1n) is 7.60. The van der Waals surface area contributed by atoms with E-state index >= 15 is 0 Å². The van der Waals surface area contributed by atoms with Gasteiger partial charge in [-0.3, -0.25) is 4.68 Å². The molecule has 0 aliphatic carbocycles. The van der Waals surface area contributed by atoms with Gasteiger partial charge in [0.25, 0.3) is 0 Å². The van der Waals surface area contributed by atoms with Crippen LogP contribution in [0.15, 0.2) is 0 Å². The van der Waals surface area contributed by atoms with Gasteiger partial charge in [-0.2, -0.15) is 9.40 Å². The highest BCUT2D eigenvalue weighted by atomic mass is 32.2. The smallest absolute Gasteiger partial charge is 0.356 e. The van der Waals surface area contributed by atoms with E-state index in [-0.39, 0.29) is 18.9 Å². The molecule has 0 saturated carbocycles. The maximum absolute atomic E-state index is 12.4. The van der Waals surface area contributed by atoms with Gasteiger partial charge >= 0.3 is 5.97 Å². The molecule has 0 aromatic carbocycles. The predicted molar refractivity (Wildman–Crippen MR) is 82.0 cm³/mol. The number of sulfonamides is 1. The van der Waals surface area contributed by atoms with Gasteiger partial charge in [0.2, 0.25) is 10.0 Å². The molecule has 1 aromatic heterocycles. The molecule has 22 heavy (non-hydrogen) atoms. The lowest BCUT2D eigenvalue weighted by atomic mass is 10.1. The number of unbranched alkanes of at least 4 members (excludes halogenated alkanes) is 1. The fraction of sp³-hybridized carbons (Fsp3) is 0.714. The SMILES string of the molecule is CCCCS(=O)(=O)N1CCc2nn(C)c(C(=O)OCC)c2C1. The van der Waals surface area contributed by atoms with E-state index in [0.29, 0.717) is 30.6 Å². The van der Waals surface area contributed by atoms with Gasteiger partial charge in [0, 0.05) is 32.1 Å². The largest absolute Gasteiger partial charge is 0.461 e. The van der Waals surface area contributed by atoms with Gasteiger partial charge in [-0.1, -0.05) is 13.3 Å². The van der Waals surface area contributed by atoms with Crippen LogP contribution in [-0.2, 0) is 34.8 Å². The van der Waals surface area contributed by atoms with Crippen LogP contribution < -0.4 is 0 Å². The fourth-order valence-corrected chi connectivity index (χ4v) is 4.23. The van der Waals surface area contributed by atoms with E-state index in [4.69, 9.17) is 4.74 Å². The summed E-state index contributed by atoms with van der Waals surface area (Å²) in [6.07, 6.45) is 2.00. The topological polar surface area (TPSA) is 81.5 Å². The number of rotatable bonds is 6. The molecule has 0 radical (unpaired) electrons. The van der Waals surface area contributed by atoms with Crippen molar-refractivity contribution in [3.05, 3.63) is 17.0 Å². The minimum Gasteiger partial charge on any atom is -0.461 e. The molecule has 7 nitrogen and oxygen atoms in total. The van der Waals surface area contributed by atoms with Crippen LogP contribution >= 0.6 is 0 Å². The van der Waals surface area contributed by atoms with Gasteiger partial charge < -0.3 is 4.74 Å². The molecular formula is C14H23N3O4S. The van der Waals surface area contributed by atoms with E-state index in [1.165, 1.54) is 8.99 Å². The molecule has 0 amide bonds. The van der Waals surface area contributed by atoms with Crippen LogP contribution in [0.4, 0.5) is 0 Å². The third-order valence-electron chi connectivity index (χ3n) is 3.78. The van der Waals surface area contributed by atoms with Crippen LogP contribution in [-0.4, -0.2) is 47.4 Å². The van der Waals surface area contributed by atoms with Crippen LogP contribution in [0.5, 0.6) is 0 Å². The summed E-state index contributed by atoms with van der Waals surface area (Å²) in [5.74, 6) is -0.306. The number of esters is 1. The summed E-state index contributed by atoms with van der Waals surface area (Å²) in [4.78, 5) is 12.1. The van der Waals surface area contributed by atoms with E-state index in [1.807, 2.05) is 6.92 Å². The summed E-state index contributed by atoms with van der Waals surface area (Å²) in [5, 5.41) is 4.33. The first-order valence-corrected chi connectivity index (χ1v) is 9.21. The van der Waals surface area contributed by atoms with E-state index in [1.54, 1.807) is 14.0 Å². The Balaban J connectivity index is 2.27. The van der Waals surface area contributed by atoms with Gasteiger partial charge in [0.15, 0.2) is 5.69 Å². The van der Waals surface area contributed by atoms with Crippen LogP contribution in [0.3, 0.4) is 0 Å². The molecule has 0 saturated heterocycles. The molecule has 124 valence electrons. The average Bonchev–Trinajstić information content (AvgIpc) is 2.80. The normalized spacial score (nSPS) is 15.6. The lowest BCUT2D eigenvalue weighted by Crippen LogP contribution is -2.37. The van der Waals surface area contributed by atoms with Crippen molar-refractivity contribution in [1.29, 1.82) is 0 Å². The fourth-order valence-electron chi connectivity index (χ4n) is 2.62. The second-order valence-electron chi connectivity index (χ2n) is 5.37. The van der Waals surface area contributed by atoms with Crippen LogP contribution in [0, 0.1) is 0 Å². The van der Waals surface area contributed by atoms with Crippen molar-refractivity contribution in [3.8, 4) is 0 Å². The Morgan fingerprint density at radius 1 is 1.36 bits per heavy atom. The van der Waals surface area contributed by atoms with Gasteiger partial charge in [-0.25, -0.2) is 13.2 Å². The summed E-state index contributed by atoms with van der Waals surface area (Å²) >= 11 is 0. The molecule has 0 atom stereocenters. The van der Waals surface area contributed by atoms with Crippen molar-refractivity contribution in [2.45, 2.75) is 39.7 Å². The molecule has 0 fully saturated rings. The van der Waals surface area contributed by atoms with Crippen molar-refractivity contribution in [3.63, 3.8) is 0 Å². The lowest BCUT2D eigenvalue weighted by Gasteiger charge is -2.26. The zero-order chi connectivity index (χ0) is 16.3. The first-order chi connectivity index (χ1) is 10.4. The Hall–Kier alpha value is -1.41. The molecule has 1 aliphatic heterocycles.